The molecule has 3 aliphatic rings. The van der Waals surface area contributed by atoms with E-state index in [0.29, 0.717) is 24.3 Å². The van der Waals surface area contributed by atoms with E-state index in [1.54, 1.807) is 0 Å². The van der Waals surface area contributed by atoms with Gasteiger partial charge in [-0.3, -0.25) is 0 Å². The number of allylic oxidation sites excluding steroid dienone is 12. The minimum atomic E-state index is 0.0178. The first-order valence-electron chi connectivity index (χ1n) is 8.21. The summed E-state index contributed by atoms with van der Waals surface area (Å²) in [6.07, 6.45) is 24.7. The molecule has 0 saturated carbocycles. The molecule has 0 bridgehead atoms. The Labute approximate surface area is 142 Å². The zero-order valence-electron chi connectivity index (χ0n) is 13.6. The van der Waals surface area contributed by atoms with Crippen molar-refractivity contribution in [3.8, 4) is 0 Å². The van der Waals surface area contributed by atoms with Crippen LogP contribution in [0.25, 0.3) is 11.1 Å². The monoisotopic (exact) mass is 316 g/mol. The molecule has 0 fully saturated rings. The molecular weight excluding hydrogens is 296 g/mol. The van der Waals surface area contributed by atoms with Gasteiger partial charge in [0.1, 0.15) is 0 Å². The van der Waals surface area contributed by atoms with Gasteiger partial charge in [-0.25, -0.2) is 0 Å². The van der Waals surface area contributed by atoms with Gasteiger partial charge in [-0.1, -0.05) is 59.8 Å². The zero-order chi connectivity index (χ0) is 16.8. The van der Waals surface area contributed by atoms with Crippen molar-refractivity contribution in [1.29, 1.82) is 0 Å². The zero-order valence-corrected chi connectivity index (χ0v) is 13.6. The molecule has 120 valence electrons. The minimum Gasteiger partial charge on any atom is -0.361 e. The summed E-state index contributed by atoms with van der Waals surface area (Å²) in [6.45, 7) is 0. The van der Waals surface area contributed by atoms with Crippen LogP contribution < -0.4 is 0 Å². The lowest BCUT2D eigenvalue weighted by molar-refractivity contribution is -0.00608. The minimum absolute atomic E-state index is 0.0178. The first kappa shape index (κ1) is 16.1. The average molecular weight is 316 g/mol. The van der Waals surface area contributed by atoms with E-state index in [1.807, 2.05) is 24.3 Å². The molecule has 0 atom stereocenters. The quantitative estimate of drug-likeness (QED) is 0.545. The van der Waals surface area contributed by atoms with Gasteiger partial charge in [0.2, 0.25) is 0 Å². The van der Waals surface area contributed by atoms with Crippen LogP contribution in [0.2, 0.25) is 0 Å². The molecule has 4 nitrogen and oxygen atoms in total. The van der Waals surface area contributed by atoms with Gasteiger partial charge in [0.25, 0.3) is 11.4 Å². The molecule has 3 aliphatic carbocycles. The summed E-state index contributed by atoms with van der Waals surface area (Å²) < 4.78 is 0. The Balaban J connectivity index is 1.81. The molecule has 4 heteroatoms. The van der Waals surface area contributed by atoms with Crippen LogP contribution in [0.4, 0.5) is 0 Å². The van der Waals surface area contributed by atoms with Crippen molar-refractivity contribution < 1.29 is 9.58 Å². The fraction of sp³-hybridized carbons (Fsp3) is 0.300. The number of rotatable bonds is 4. The highest BCUT2D eigenvalue weighted by molar-refractivity contribution is 5.94. The van der Waals surface area contributed by atoms with Gasteiger partial charge in [-0.15, -0.1) is 0 Å². The summed E-state index contributed by atoms with van der Waals surface area (Å²) in [4.78, 5) is 6.69. The second kappa shape index (κ2) is 7.18. The normalized spacial score (nSPS) is 25.2. The van der Waals surface area contributed by atoms with Crippen LogP contribution in [0.3, 0.4) is 0 Å². The Morgan fingerprint density at radius 2 is 1.42 bits per heavy atom. The van der Waals surface area contributed by atoms with E-state index in [4.69, 9.17) is 11.1 Å². The molecule has 24 heavy (non-hydrogen) atoms. The number of hydrogen-bond acceptors (Lipinski definition) is 0. The molecule has 0 radical (unpaired) electrons. The highest BCUT2D eigenvalue weighted by Gasteiger charge is 2.31. The third-order valence-corrected chi connectivity index (χ3v) is 4.69. The maximum absolute atomic E-state index is 9.03. The maximum atomic E-state index is 9.03. The van der Waals surface area contributed by atoms with Gasteiger partial charge in [0.15, 0.2) is 0 Å². The van der Waals surface area contributed by atoms with Crippen molar-refractivity contribution in [2.75, 3.05) is 0 Å². The van der Waals surface area contributed by atoms with Gasteiger partial charge in [-0.05, 0) is 24.7 Å². The lowest BCUT2D eigenvalue weighted by atomic mass is 9.70. The number of hydrogen-bond donors (Lipinski definition) is 0. The van der Waals surface area contributed by atoms with Crippen LogP contribution in [0.15, 0.2) is 71.9 Å². The van der Waals surface area contributed by atoms with Crippen LogP contribution >= 0.6 is 0 Å². The predicted molar refractivity (Wildman–Crippen MR) is 95.5 cm³/mol. The van der Waals surface area contributed by atoms with Crippen LogP contribution in [-0.2, 0) is 0 Å². The van der Waals surface area contributed by atoms with Crippen molar-refractivity contribution >= 4 is 11.4 Å². The van der Waals surface area contributed by atoms with Crippen LogP contribution in [0.1, 0.15) is 32.1 Å². The second-order valence-corrected chi connectivity index (χ2v) is 6.61. The highest BCUT2D eigenvalue weighted by atomic mass is 14.9. The smallest absolute Gasteiger partial charge is 0.296 e. The maximum Gasteiger partial charge on any atom is 0.296 e. The van der Waals surface area contributed by atoms with E-state index >= 15 is 0 Å². The Morgan fingerprint density at radius 3 is 1.88 bits per heavy atom. The van der Waals surface area contributed by atoms with Crippen molar-refractivity contribution in [2.45, 2.75) is 32.1 Å². The summed E-state index contributed by atoms with van der Waals surface area (Å²) in [7, 11) is 0. The van der Waals surface area contributed by atoms with E-state index in [2.05, 4.69) is 46.0 Å². The standard InChI is InChI=1S/C20H20N4/c21-23-18-8-4-6-16(12-18)14-20(10-2-1-3-11-20)15-17-7-5-9-19(13-17)24-22/h1-10H,11-15H2. The number of nitrogens with zero attached hydrogens (tertiary/aromatic N) is 4. The van der Waals surface area contributed by atoms with E-state index in [9.17, 15) is 0 Å². The predicted octanol–water partition coefficient (Wildman–Crippen LogP) is 4.38. The van der Waals surface area contributed by atoms with E-state index in [1.165, 1.54) is 11.1 Å². The van der Waals surface area contributed by atoms with Gasteiger partial charge in [-0.2, -0.15) is 9.58 Å². The van der Waals surface area contributed by atoms with Gasteiger partial charge >= 0.3 is 0 Å². The summed E-state index contributed by atoms with van der Waals surface area (Å²) in [6, 6.07) is 0. The lowest BCUT2D eigenvalue weighted by Crippen LogP contribution is -2.23. The fourth-order valence-electron chi connectivity index (χ4n) is 3.61. The van der Waals surface area contributed by atoms with Crippen molar-refractivity contribution in [1.82, 2.24) is 0 Å². The molecule has 3 rings (SSSR count). The molecule has 0 aliphatic heterocycles. The molecule has 0 aromatic heterocycles. The summed E-state index contributed by atoms with van der Waals surface area (Å²) in [5.74, 6) is 0. The molecule has 0 aromatic rings. The average Bonchev–Trinajstić information content (AvgIpc) is 2.62. The molecule has 0 heterocycles. The molecule has 0 unspecified atom stereocenters. The molecule has 0 amide bonds. The summed E-state index contributed by atoms with van der Waals surface area (Å²) >= 11 is 0. The van der Waals surface area contributed by atoms with E-state index in [0.717, 1.165) is 19.3 Å². The Bertz CT molecular complexity index is 751. The molecule has 0 N–H and O–H groups in total. The third-order valence-electron chi connectivity index (χ3n) is 4.69. The van der Waals surface area contributed by atoms with Crippen molar-refractivity contribution in [3.05, 3.63) is 83.0 Å². The first-order chi connectivity index (χ1) is 11.7. The largest absolute Gasteiger partial charge is 0.361 e. The van der Waals surface area contributed by atoms with Gasteiger partial charge < -0.3 is 11.1 Å². The van der Waals surface area contributed by atoms with Crippen molar-refractivity contribution in [2.24, 2.45) is 5.41 Å². The SMILES string of the molecule is [N-]=[N+]=C1C=CC=C(CC2(CC3=CC=CC(=[N+]=[N-])C3)C=CC=CC2)C1. The molecule has 0 saturated heterocycles. The van der Waals surface area contributed by atoms with Crippen molar-refractivity contribution in [3.63, 3.8) is 0 Å². The third kappa shape index (κ3) is 3.75. The van der Waals surface area contributed by atoms with Crippen LogP contribution in [0, 0.1) is 5.41 Å². The second-order valence-electron chi connectivity index (χ2n) is 6.61. The van der Waals surface area contributed by atoms with Crippen LogP contribution in [-0.4, -0.2) is 21.0 Å². The summed E-state index contributed by atoms with van der Waals surface area (Å²) in [5.41, 5.74) is 22.0. The Kier molecular flexibility index (Phi) is 4.81. The lowest BCUT2D eigenvalue weighted by Gasteiger charge is -2.33. The Hall–Kier alpha value is -2.80. The Morgan fingerprint density at radius 1 is 0.833 bits per heavy atom. The summed E-state index contributed by atoms with van der Waals surface area (Å²) in [5, 5.41) is 0. The van der Waals surface area contributed by atoms with Gasteiger partial charge in [0, 0.05) is 12.2 Å². The molecular formula is C20H20N4. The van der Waals surface area contributed by atoms with Gasteiger partial charge in [0.05, 0.1) is 12.8 Å². The molecule has 0 spiro atoms. The topological polar surface area (TPSA) is 72.8 Å². The van der Waals surface area contributed by atoms with Crippen LogP contribution in [0.5, 0.6) is 0 Å². The first-order valence-corrected chi connectivity index (χ1v) is 8.21. The molecule has 0 aromatic carbocycles. The fourth-order valence-corrected chi connectivity index (χ4v) is 3.61. The van der Waals surface area contributed by atoms with E-state index in [-0.39, 0.29) is 5.41 Å². The van der Waals surface area contributed by atoms with E-state index < -0.39 is 0 Å². The highest BCUT2D eigenvalue weighted by Crippen LogP contribution is 2.42.